The summed E-state index contributed by atoms with van der Waals surface area (Å²) < 4.78 is 20.0. The highest BCUT2D eigenvalue weighted by Gasteiger charge is 2.20. The van der Waals surface area contributed by atoms with E-state index in [1.807, 2.05) is 31.2 Å². The van der Waals surface area contributed by atoms with Crippen LogP contribution in [0.4, 0.5) is 10.1 Å². The van der Waals surface area contributed by atoms with Crippen molar-refractivity contribution in [2.24, 2.45) is 0 Å². The number of aryl methyl sites for hydroxylation is 1. The molecule has 0 spiro atoms. The third-order valence-electron chi connectivity index (χ3n) is 3.90. The average Bonchev–Trinajstić information content (AvgIpc) is 3.33. The van der Waals surface area contributed by atoms with Gasteiger partial charge in [-0.3, -0.25) is 4.79 Å². The van der Waals surface area contributed by atoms with Crippen molar-refractivity contribution >= 4 is 11.6 Å². The Balaban J connectivity index is 1.72. The number of furan rings is 1. The van der Waals surface area contributed by atoms with Crippen LogP contribution in [0.5, 0.6) is 0 Å². The molecule has 0 radical (unpaired) electrons. The molecule has 6 nitrogen and oxygen atoms in total. The summed E-state index contributed by atoms with van der Waals surface area (Å²) in [6.45, 7) is 1.97. The number of carbonyl (C=O) groups excluding carboxylic acids is 1. The number of hydrogen-bond acceptors (Lipinski definition) is 4. The largest absolute Gasteiger partial charge is 0.461 e. The van der Waals surface area contributed by atoms with Crippen molar-refractivity contribution in [2.75, 3.05) is 5.32 Å². The molecule has 2 heterocycles. The van der Waals surface area contributed by atoms with Crippen LogP contribution in [0, 0.1) is 12.7 Å². The standard InChI is InChI=1S/C20H15FN4O2/c1-13-4-2-5-16(12-13)25-19(17-6-3-11-27-17)23-18(24-25)20(26)22-15-9-7-14(21)8-10-15/h2-12H,1H3,(H,22,26). The van der Waals surface area contributed by atoms with Crippen LogP contribution < -0.4 is 5.32 Å². The molecule has 27 heavy (non-hydrogen) atoms. The van der Waals surface area contributed by atoms with E-state index in [0.717, 1.165) is 11.3 Å². The average molecular weight is 362 g/mol. The van der Waals surface area contributed by atoms with E-state index >= 15 is 0 Å². The highest BCUT2D eigenvalue weighted by atomic mass is 19.1. The summed E-state index contributed by atoms with van der Waals surface area (Å²) in [6, 6.07) is 16.6. The molecule has 4 rings (SSSR count). The third kappa shape index (κ3) is 3.48. The van der Waals surface area contributed by atoms with E-state index in [1.54, 1.807) is 16.8 Å². The van der Waals surface area contributed by atoms with Gasteiger partial charge in [0.25, 0.3) is 5.91 Å². The molecule has 2 aromatic carbocycles. The molecule has 0 aliphatic carbocycles. The minimum absolute atomic E-state index is 0.0211. The normalized spacial score (nSPS) is 10.7. The lowest BCUT2D eigenvalue weighted by Gasteiger charge is -2.04. The Morgan fingerprint density at radius 1 is 1.11 bits per heavy atom. The fraction of sp³-hybridized carbons (Fsp3) is 0.0500. The number of nitrogens with zero attached hydrogens (tertiary/aromatic N) is 3. The Morgan fingerprint density at radius 2 is 1.93 bits per heavy atom. The molecule has 0 bridgehead atoms. The van der Waals surface area contributed by atoms with Gasteiger partial charge >= 0.3 is 0 Å². The first-order valence-electron chi connectivity index (χ1n) is 8.25. The summed E-state index contributed by atoms with van der Waals surface area (Å²) in [7, 11) is 0. The highest BCUT2D eigenvalue weighted by Crippen LogP contribution is 2.22. The van der Waals surface area contributed by atoms with Crippen LogP contribution >= 0.6 is 0 Å². The van der Waals surface area contributed by atoms with Gasteiger partial charge in [-0.2, -0.15) is 4.98 Å². The summed E-state index contributed by atoms with van der Waals surface area (Å²) >= 11 is 0. The molecule has 0 atom stereocenters. The van der Waals surface area contributed by atoms with Gasteiger partial charge in [0.2, 0.25) is 5.82 Å². The van der Waals surface area contributed by atoms with Crippen LogP contribution in [-0.2, 0) is 0 Å². The second-order valence-corrected chi connectivity index (χ2v) is 5.95. The molecule has 1 N–H and O–H groups in total. The van der Waals surface area contributed by atoms with Crippen molar-refractivity contribution in [3.05, 3.63) is 84.1 Å². The molecule has 0 unspecified atom stereocenters. The molecule has 0 aliphatic rings. The Bertz CT molecular complexity index is 1090. The first kappa shape index (κ1) is 16.7. The number of amides is 1. The molecule has 134 valence electrons. The van der Waals surface area contributed by atoms with Gasteiger partial charge in [-0.25, -0.2) is 9.07 Å². The van der Waals surface area contributed by atoms with Gasteiger partial charge in [-0.15, -0.1) is 5.10 Å². The summed E-state index contributed by atoms with van der Waals surface area (Å²) in [4.78, 5) is 16.9. The minimum atomic E-state index is -0.499. The summed E-state index contributed by atoms with van der Waals surface area (Å²) in [5.41, 5.74) is 2.26. The smallest absolute Gasteiger partial charge is 0.295 e. The zero-order valence-corrected chi connectivity index (χ0v) is 14.4. The second-order valence-electron chi connectivity index (χ2n) is 5.95. The number of aromatic nitrogens is 3. The SMILES string of the molecule is Cc1cccc(-n2nc(C(=O)Nc3ccc(F)cc3)nc2-c2ccco2)c1. The zero-order chi connectivity index (χ0) is 18.8. The van der Waals surface area contributed by atoms with E-state index in [4.69, 9.17) is 4.42 Å². The van der Waals surface area contributed by atoms with Gasteiger partial charge in [-0.1, -0.05) is 12.1 Å². The van der Waals surface area contributed by atoms with Crippen molar-refractivity contribution < 1.29 is 13.6 Å². The Morgan fingerprint density at radius 3 is 2.63 bits per heavy atom. The third-order valence-corrected chi connectivity index (χ3v) is 3.90. The van der Waals surface area contributed by atoms with Crippen molar-refractivity contribution in [1.29, 1.82) is 0 Å². The lowest BCUT2D eigenvalue weighted by Crippen LogP contribution is -2.14. The van der Waals surface area contributed by atoms with E-state index in [2.05, 4.69) is 15.4 Å². The molecule has 0 fully saturated rings. The molecule has 2 aromatic heterocycles. The molecule has 4 aromatic rings. The van der Waals surface area contributed by atoms with Crippen LogP contribution in [-0.4, -0.2) is 20.7 Å². The number of hydrogen-bond donors (Lipinski definition) is 1. The van der Waals surface area contributed by atoms with Gasteiger partial charge in [0, 0.05) is 5.69 Å². The van der Waals surface area contributed by atoms with E-state index in [-0.39, 0.29) is 11.6 Å². The number of rotatable bonds is 4. The Hall–Kier alpha value is -3.74. The van der Waals surface area contributed by atoms with Crippen LogP contribution in [0.15, 0.2) is 71.3 Å². The molecular formula is C20H15FN4O2. The lowest BCUT2D eigenvalue weighted by molar-refractivity contribution is 0.101. The predicted octanol–water partition coefficient (Wildman–Crippen LogP) is 4.23. The highest BCUT2D eigenvalue weighted by molar-refractivity contribution is 6.01. The Kier molecular flexibility index (Phi) is 4.25. The Labute approximate surface area is 154 Å². The van der Waals surface area contributed by atoms with E-state index < -0.39 is 5.91 Å². The summed E-state index contributed by atoms with van der Waals surface area (Å²) in [5.74, 6) is 0.00250. The van der Waals surface area contributed by atoms with Gasteiger partial charge in [0.15, 0.2) is 11.6 Å². The fourth-order valence-corrected chi connectivity index (χ4v) is 2.63. The molecular weight excluding hydrogens is 347 g/mol. The quantitative estimate of drug-likeness (QED) is 0.590. The van der Waals surface area contributed by atoms with E-state index in [9.17, 15) is 9.18 Å². The lowest BCUT2D eigenvalue weighted by atomic mass is 10.2. The maximum absolute atomic E-state index is 13.0. The van der Waals surface area contributed by atoms with Gasteiger partial charge in [0.05, 0.1) is 12.0 Å². The predicted molar refractivity (Wildman–Crippen MR) is 98.2 cm³/mol. The van der Waals surface area contributed by atoms with Crippen molar-refractivity contribution in [1.82, 2.24) is 14.8 Å². The molecule has 1 amide bonds. The van der Waals surface area contributed by atoms with Crippen LogP contribution in [0.25, 0.3) is 17.3 Å². The molecule has 0 saturated carbocycles. The maximum atomic E-state index is 13.0. The number of nitrogens with one attached hydrogen (secondary N) is 1. The van der Waals surface area contributed by atoms with Gasteiger partial charge in [-0.05, 0) is 61.0 Å². The first-order valence-corrected chi connectivity index (χ1v) is 8.25. The minimum Gasteiger partial charge on any atom is -0.461 e. The van der Waals surface area contributed by atoms with Crippen molar-refractivity contribution in [3.63, 3.8) is 0 Å². The summed E-state index contributed by atoms with van der Waals surface area (Å²) in [6.07, 6.45) is 1.53. The van der Waals surface area contributed by atoms with Crippen molar-refractivity contribution in [3.8, 4) is 17.3 Å². The first-order chi connectivity index (χ1) is 13.1. The maximum Gasteiger partial charge on any atom is 0.295 e. The van der Waals surface area contributed by atoms with Gasteiger partial charge < -0.3 is 9.73 Å². The number of halogens is 1. The van der Waals surface area contributed by atoms with E-state index in [1.165, 1.54) is 30.5 Å². The van der Waals surface area contributed by atoms with Gasteiger partial charge in [0.1, 0.15) is 5.82 Å². The number of anilines is 1. The summed E-state index contributed by atoms with van der Waals surface area (Å²) in [5, 5.41) is 7.01. The topological polar surface area (TPSA) is 73.0 Å². The van der Waals surface area contributed by atoms with Crippen LogP contribution in [0.2, 0.25) is 0 Å². The monoisotopic (exact) mass is 362 g/mol. The molecule has 0 aliphatic heterocycles. The number of carbonyl (C=O) groups is 1. The van der Waals surface area contributed by atoms with Crippen molar-refractivity contribution in [2.45, 2.75) is 6.92 Å². The number of benzene rings is 2. The second kappa shape index (κ2) is 6.87. The van der Waals surface area contributed by atoms with E-state index in [0.29, 0.717) is 17.3 Å². The fourth-order valence-electron chi connectivity index (χ4n) is 2.63. The van der Waals surface area contributed by atoms with Crippen LogP contribution in [0.3, 0.4) is 0 Å². The zero-order valence-electron chi connectivity index (χ0n) is 14.4. The molecule has 7 heteroatoms. The van der Waals surface area contributed by atoms with Crippen LogP contribution in [0.1, 0.15) is 16.2 Å². The molecule has 0 saturated heterocycles.